The van der Waals surface area contributed by atoms with E-state index in [-0.39, 0.29) is 0 Å². The highest BCUT2D eigenvalue weighted by Crippen LogP contribution is 2.21. The Balaban J connectivity index is 3.00. The molecular weight excluding hydrogens is 206 g/mol. The monoisotopic (exact) mass is 223 g/mol. The molecule has 0 saturated carbocycles. The average molecular weight is 223 g/mol. The number of aliphatic imine (C=N–C) groups is 1. The summed E-state index contributed by atoms with van der Waals surface area (Å²) in [6.45, 7) is 4.76. The number of rotatable bonds is 3. The first-order valence-corrected chi connectivity index (χ1v) is 6.20. The molecule has 0 N–H and O–H groups in total. The lowest BCUT2D eigenvalue weighted by atomic mass is 10.1. The molecule has 82 valence electrons. The van der Waals surface area contributed by atoms with Gasteiger partial charge in [0.15, 0.2) is 0 Å². The van der Waals surface area contributed by atoms with Crippen molar-refractivity contribution in [1.29, 1.82) is 0 Å². The number of hydrogen-bond acceptors (Lipinski definition) is 3. The van der Waals surface area contributed by atoms with Gasteiger partial charge >= 0.3 is 0 Å². The zero-order valence-electron chi connectivity index (χ0n) is 9.70. The Kier molecular flexibility index (Phi) is 4.69. The molecule has 0 fully saturated rings. The van der Waals surface area contributed by atoms with E-state index in [4.69, 9.17) is 4.74 Å². The van der Waals surface area contributed by atoms with Gasteiger partial charge in [0.05, 0.1) is 11.7 Å². The molecule has 0 amide bonds. The summed E-state index contributed by atoms with van der Waals surface area (Å²) in [5.74, 6) is 0.956. The fourth-order valence-corrected chi connectivity index (χ4v) is 1.98. The van der Waals surface area contributed by atoms with Crippen LogP contribution < -0.4 is 4.74 Å². The predicted octanol–water partition coefficient (Wildman–Crippen LogP) is 3.13. The van der Waals surface area contributed by atoms with E-state index in [0.29, 0.717) is 6.61 Å². The predicted molar refractivity (Wildman–Crippen MR) is 68.3 cm³/mol. The first-order chi connectivity index (χ1) is 7.22. The zero-order valence-corrected chi connectivity index (χ0v) is 10.5. The molecular formula is C12H17NOS. The normalized spacial score (nSPS) is 11.6. The SMILES string of the molecule is CCOc1ccc(C(=NC)SC)cc1C. The lowest BCUT2D eigenvalue weighted by molar-refractivity contribution is 0.338. The summed E-state index contributed by atoms with van der Waals surface area (Å²) in [6, 6.07) is 6.18. The van der Waals surface area contributed by atoms with Crippen molar-refractivity contribution in [3.63, 3.8) is 0 Å². The van der Waals surface area contributed by atoms with Crippen molar-refractivity contribution in [2.45, 2.75) is 13.8 Å². The van der Waals surface area contributed by atoms with Crippen LogP contribution in [0.2, 0.25) is 0 Å². The number of nitrogens with zero attached hydrogens (tertiary/aromatic N) is 1. The minimum absolute atomic E-state index is 0.706. The Morgan fingerprint density at radius 3 is 2.67 bits per heavy atom. The van der Waals surface area contributed by atoms with Gasteiger partial charge in [0.1, 0.15) is 5.75 Å². The van der Waals surface area contributed by atoms with Crippen LogP contribution >= 0.6 is 11.8 Å². The van der Waals surface area contributed by atoms with E-state index in [0.717, 1.165) is 21.9 Å². The van der Waals surface area contributed by atoms with Crippen LogP contribution in [0.1, 0.15) is 18.1 Å². The van der Waals surface area contributed by atoms with Crippen molar-refractivity contribution in [1.82, 2.24) is 0 Å². The first kappa shape index (κ1) is 12.1. The van der Waals surface area contributed by atoms with Crippen LogP contribution in [0.5, 0.6) is 5.75 Å². The van der Waals surface area contributed by atoms with E-state index in [9.17, 15) is 0 Å². The molecule has 0 aliphatic heterocycles. The van der Waals surface area contributed by atoms with Crippen LogP contribution in [-0.4, -0.2) is 25.0 Å². The van der Waals surface area contributed by atoms with Crippen molar-refractivity contribution >= 4 is 16.8 Å². The maximum Gasteiger partial charge on any atom is 0.122 e. The second kappa shape index (κ2) is 5.81. The van der Waals surface area contributed by atoms with E-state index in [1.807, 2.05) is 26.3 Å². The van der Waals surface area contributed by atoms with Crippen molar-refractivity contribution < 1.29 is 4.74 Å². The van der Waals surface area contributed by atoms with E-state index in [2.05, 4.69) is 24.0 Å². The smallest absolute Gasteiger partial charge is 0.122 e. The molecule has 0 aliphatic rings. The van der Waals surface area contributed by atoms with Crippen LogP contribution in [0, 0.1) is 6.92 Å². The van der Waals surface area contributed by atoms with Gasteiger partial charge in [0.25, 0.3) is 0 Å². The van der Waals surface area contributed by atoms with Gasteiger partial charge in [0.2, 0.25) is 0 Å². The Labute approximate surface area is 95.8 Å². The second-order valence-corrected chi connectivity index (χ2v) is 3.94. The summed E-state index contributed by atoms with van der Waals surface area (Å²) in [6.07, 6.45) is 2.04. The molecule has 3 heteroatoms. The van der Waals surface area contributed by atoms with Crippen molar-refractivity contribution in [2.24, 2.45) is 4.99 Å². The van der Waals surface area contributed by atoms with Gasteiger partial charge in [-0.1, -0.05) is 0 Å². The highest BCUT2D eigenvalue weighted by atomic mass is 32.2. The first-order valence-electron chi connectivity index (χ1n) is 4.97. The van der Waals surface area contributed by atoms with Crippen molar-refractivity contribution in [3.8, 4) is 5.75 Å². The molecule has 0 radical (unpaired) electrons. The van der Waals surface area contributed by atoms with Crippen LogP contribution in [0.3, 0.4) is 0 Å². The Morgan fingerprint density at radius 2 is 2.20 bits per heavy atom. The maximum atomic E-state index is 5.49. The van der Waals surface area contributed by atoms with Crippen molar-refractivity contribution in [3.05, 3.63) is 29.3 Å². The molecule has 0 unspecified atom stereocenters. The highest BCUT2D eigenvalue weighted by molar-refractivity contribution is 8.13. The third-order valence-electron chi connectivity index (χ3n) is 2.12. The number of ether oxygens (including phenoxy) is 1. The maximum absolute atomic E-state index is 5.49. The largest absolute Gasteiger partial charge is 0.494 e. The minimum atomic E-state index is 0.706. The third kappa shape index (κ3) is 2.99. The summed E-state index contributed by atoms with van der Waals surface area (Å²) in [5.41, 5.74) is 2.32. The van der Waals surface area contributed by atoms with Crippen LogP contribution in [0.15, 0.2) is 23.2 Å². The molecule has 0 saturated heterocycles. The van der Waals surface area contributed by atoms with E-state index in [1.54, 1.807) is 11.8 Å². The Bertz CT molecular complexity index is 361. The quantitative estimate of drug-likeness (QED) is 0.580. The lowest BCUT2D eigenvalue weighted by Gasteiger charge is -2.09. The highest BCUT2D eigenvalue weighted by Gasteiger charge is 2.04. The summed E-state index contributed by atoms with van der Waals surface area (Å²) in [7, 11) is 1.82. The molecule has 0 aromatic heterocycles. The summed E-state index contributed by atoms with van der Waals surface area (Å²) in [5, 5.41) is 1.06. The summed E-state index contributed by atoms with van der Waals surface area (Å²) >= 11 is 1.66. The van der Waals surface area contributed by atoms with Crippen LogP contribution in [0.4, 0.5) is 0 Å². The van der Waals surface area contributed by atoms with Crippen LogP contribution in [-0.2, 0) is 0 Å². The van der Waals surface area contributed by atoms with Crippen molar-refractivity contribution in [2.75, 3.05) is 19.9 Å². The number of hydrogen-bond donors (Lipinski definition) is 0. The fraction of sp³-hybridized carbons (Fsp3) is 0.417. The van der Waals surface area contributed by atoms with Gasteiger partial charge in [-0.25, -0.2) is 0 Å². The number of benzene rings is 1. The molecule has 0 heterocycles. The van der Waals surface area contributed by atoms with Gasteiger partial charge in [-0.3, -0.25) is 4.99 Å². The number of thioether (sulfide) groups is 1. The molecule has 0 aliphatic carbocycles. The third-order valence-corrected chi connectivity index (χ3v) is 2.92. The van der Waals surface area contributed by atoms with Gasteiger partial charge in [0, 0.05) is 12.6 Å². The molecule has 1 aromatic rings. The Hall–Kier alpha value is -0.960. The fourth-order valence-electron chi connectivity index (χ4n) is 1.44. The Morgan fingerprint density at radius 1 is 1.47 bits per heavy atom. The summed E-state index contributed by atoms with van der Waals surface area (Å²) in [4.78, 5) is 4.23. The molecule has 0 atom stereocenters. The lowest BCUT2D eigenvalue weighted by Crippen LogP contribution is -1.98. The van der Waals surface area contributed by atoms with E-state index >= 15 is 0 Å². The van der Waals surface area contributed by atoms with Gasteiger partial charge < -0.3 is 4.74 Å². The van der Waals surface area contributed by atoms with E-state index in [1.165, 1.54) is 0 Å². The van der Waals surface area contributed by atoms with Gasteiger partial charge in [-0.2, -0.15) is 0 Å². The standard InChI is InChI=1S/C12H17NOS/c1-5-14-11-7-6-10(8-9(11)2)12(13-3)15-4/h6-8H,5H2,1-4H3. The van der Waals surface area contributed by atoms with E-state index < -0.39 is 0 Å². The minimum Gasteiger partial charge on any atom is -0.494 e. The topological polar surface area (TPSA) is 21.6 Å². The molecule has 0 spiro atoms. The molecule has 1 rings (SSSR count). The molecule has 1 aromatic carbocycles. The average Bonchev–Trinajstić information content (AvgIpc) is 2.24. The second-order valence-electron chi connectivity index (χ2n) is 3.15. The molecule has 0 bridgehead atoms. The molecule has 15 heavy (non-hydrogen) atoms. The van der Waals surface area contributed by atoms with Gasteiger partial charge in [-0.15, -0.1) is 11.8 Å². The summed E-state index contributed by atoms with van der Waals surface area (Å²) < 4.78 is 5.49. The molecule has 2 nitrogen and oxygen atoms in total. The van der Waals surface area contributed by atoms with Crippen LogP contribution in [0.25, 0.3) is 0 Å². The van der Waals surface area contributed by atoms with Gasteiger partial charge in [-0.05, 0) is 43.9 Å². The number of aryl methyl sites for hydroxylation is 1. The zero-order chi connectivity index (χ0) is 11.3.